The molecule has 2 aliphatic rings. The van der Waals surface area contributed by atoms with Crippen molar-refractivity contribution in [1.82, 2.24) is 14.7 Å². The molecule has 0 radical (unpaired) electrons. The average Bonchev–Trinajstić information content (AvgIpc) is 2.50. The van der Waals surface area contributed by atoms with E-state index >= 15 is 0 Å². The molecular formula is C14H25N3O4. The predicted octanol–water partition coefficient (Wildman–Crippen LogP) is -0.974. The highest BCUT2D eigenvalue weighted by molar-refractivity contribution is 5.78. The van der Waals surface area contributed by atoms with Crippen LogP contribution in [0.5, 0.6) is 0 Å². The van der Waals surface area contributed by atoms with E-state index in [1.807, 2.05) is 11.8 Å². The molecule has 0 aromatic carbocycles. The largest absolute Gasteiger partial charge is 0.465 e. The lowest BCUT2D eigenvalue weighted by Crippen LogP contribution is -2.52. The Kier molecular flexibility index (Phi) is 6.41. The minimum atomic E-state index is -0.171. The van der Waals surface area contributed by atoms with Crippen LogP contribution in [0.3, 0.4) is 0 Å². The van der Waals surface area contributed by atoms with Gasteiger partial charge in [0.2, 0.25) is 5.91 Å². The van der Waals surface area contributed by atoms with Crippen molar-refractivity contribution < 1.29 is 19.1 Å². The Balaban J connectivity index is 1.66. The topological polar surface area (TPSA) is 62.3 Å². The zero-order valence-corrected chi connectivity index (χ0v) is 12.8. The second-order valence-electron chi connectivity index (χ2n) is 5.35. The van der Waals surface area contributed by atoms with Crippen molar-refractivity contribution in [2.75, 3.05) is 72.2 Å². The molecule has 1 amide bonds. The molecule has 2 heterocycles. The van der Waals surface area contributed by atoms with E-state index < -0.39 is 0 Å². The number of ether oxygens (including phenoxy) is 2. The van der Waals surface area contributed by atoms with Crippen molar-refractivity contribution in [1.29, 1.82) is 0 Å². The molecule has 0 N–H and O–H groups in total. The highest BCUT2D eigenvalue weighted by Gasteiger charge is 2.23. The second-order valence-corrected chi connectivity index (χ2v) is 5.35. The summed E-state index contributed by atoms with van der Waals surface area (Å²) in [7, 11) is 0. The highest BCUT2D eigenvalue weighted by atomic mass is 16.5. The van der Waals surface area contributed by atoms with Gasteiger partial charge in [0.15, 0.2) is 0 Å². The third-order valence-corrected chi connectivity index (χ3v) is 3.85. The van der Waals surface area contributed by atoms with Crippen LogP contribution in [0, 0.1) is 0 Å². The molecule has 120 valence electrons. The van der Waals surface area contributed by atoms with Gasteiger partial charge in [-0.25, -0.2) is 0 Å². The maximum absolute atomic E-state index is 12.2. The minimum absolute atomic E-state index is 0.171. The molecule has 2 saturated heterocycles. The number of carbonyl (C=O) groups is 2. The van der Waals surface area contributed by atoms with Crippen LogP contribution in [0.4, 0.5) is 0 Å². The molecular weight excluding hydrogens is 274 g/mol. The molecule has 21 heavy (non-hydrogen) atoms. The summed E-state index contributed by atoms with van der Waals surface area (Å²) in [5, 5.41) is 0. The molecule has 0 aromatic rings. The average molecular weight is 299 g/mol. The summed E-state index contributed by atoms with van der Waals surface area (Å²) in [4.78, 5) is 29.7. The number of hydrogen-bond acceptors (Lipinski definition) is 6. The van der Waals surface area contributed by atoms with Crippen LogP contribution >= 0.6 is 0 Å². The number of morpholine rings is 1. The van der Waals surface area contributed by atoms with Crippen molar-refractivity contribution in [2.24, 2.45) is 0 Å². The van der Waals surface area contributed by atoms with Crippen LogP contribution in [0.1, 0.15) is 6.92 Å². The lowest BCUT2D eigenvalue weighted by atomic mass is 10.3. The van der Waals surface area contributed by atoms with E-state index in [1.165, 1.54) is 0 Å². The minimum Gasteiger partial charge on any atom is -0.465 e. The van der Waals surface area contributed by atoms with Gasteiger partial charge in [-0.1, -0.05) is 0 Å². The van der Waals surface area contributed by atoms with E-state index in [0.717, 1.165) is 26.2 Å². The summed E-state index contributed by atoms with van der Waals surface area (Å²) in [5.74, 6) is 0.00693. The number of esters is 1. The van der Waals surface area contributed by atoms with Gasteiger partial charge in [0.25, 0.3) is 0 Å². The maximum Gasteiger partial charge on any atom is 0.320 e. The summed E-state index contributed by atoms with van der Waals surface area (Å²) in [6.07, 6.45) is 0. The monoisotopic (exact) mass is 299 g/mol. The standard InChI is InChI=1S/C14H25N3O4/c1-2-21-14(19)12-16-5-3-15(4-6-16)11-13(18)17-7-9-20-10-8-17/h2-12H2,1H3. The first-order valence-corrected chi connectivity index (χ1v) is 7.65. The first-order valence-electron chi connectivity index (χ1n) is 7.65. The lowest BCUT2D eigenvalue weighted by molar-refractivity contribution is -0.145. The lowest BCUT2D eigenvalue weighted by Gasteiger charge is -2.35. The van der Waals surface area contributed by atoms with Crippen LogP contribution in [0.15, 0.2) is 0 Å². The van der Waals surface area contributed by atoms with Crippen molar-refractivity contribution in [3.8, 4) is 0 Å². The number of nitrogens with zero attached hydrogens (tertiary/aromatic N) is 3. The summed E-state index contributed by atoms with van der Waals surface area (Å²) < 4.78 is 10.2. The van der Waals surface area contributed by atoms with Crippen LogP contribution in [0.25, 0.3) is 0 Å². The van der Waals surface area contributed by atoms with E-state index in [4.69, 9.17) is 9.47 Å². The Morgan fingerprint density at radius 3 is 2.10 bits per heavy atom. The van der Waals surface area contributed by atoms with Gasteiger partial charge in [0.1, 0.15) is 0 Å². The molecule has 7 nitrogen and oxygen atoms in total. The van der Waals surface area contributed by atoms with Gasteiger partial charge in [-0.05, 0) is 6.92 Å². The number of rotatable bonds is 5. The Hall–Kier alpha value is -1.18. The number of amides is 1. The van der Waals surface area contributed by atoms with Gasteiger partial charge >= 0.3 is 5.97 Å². The zero-order chi connectivity index (χ0) is 15.1. The molecule has 0 saturated carbocycles. The number of hydrogen-bond donors (Lipinski definition) is 0. The Bertz CT molecular complexity index is 350. The van der Waals surface area contributed by atoms with E-state index in [-0.39, 0.29) is 11.9 Å². The molecule has 0 atom stereocenters. The fourth-order valence-corrected chi connectivity index (χ4v) is 2.60. The Morgan fingerprint density at radius 2 is 1.52 bits per heavy atom. The number of piperazine rings is 1. The van der Waals surface area contributed by atoms with Crippen molar-refractivity contribution in [3.63, 3.8) is 0 Å². The Morgan fingerprint density at radius 1 is 0.952 bits per heavy atom. The van der Waals surface area contributed by atoms with Crippen LogP contribution in [-0.2, 0) is 19.1 Å². The van der Waals surface area contributed by atoms with Crippen molar-refractivity contribution in [3.05, 3.63) is 0 Å². The third kappa shape index (κ3) is 5.26. The SMILES string of the molecule is CCOC(=O)CN1CCN(CC(=O)N2CCOCC2)CC1. The van der Waals surface area contributed by atoms with Gasteiger partial charge in [-0.2, -0.15) is 0 Å². The first kappa shape index (κ1) is 16.2. The molecule has 0 aromatic heterocycles. The smallest absolute Gasteiger partial charge is 0.320 e. The van der Waals surface area contributed by atoms with E-state index in [2.05, 4.69) is 9.80 Å². The van der Waals surface area contributed by atoms with Crippen LogP contribution in [0.2, 0.25) is 0 Å². The maximum atomic E-state index is 12.2. The summed E-state index contributed by atoms with van der Waals surface area (Å²) >= 11 is 0. The Labute approximate surface area is 125 Å². The van der Waals surface area contributed by atoms with Crippen LogP contribution < -0.4 is 0 Å². The van der Waals surface area contributed by atoms with Crippen LogP contribution in [-0.4, -0.2) is 98.8 Å². The predicted molar refractivity (Wildman–Crippen MR) is 76.9 cm³/mol. The summed E-state index contributed by atoms with van der Waals surface area (Å²) in [6.45, 7) is 8.95. The van der Waals surface area contributed by atoms with Gasteiger partial charge in [-0.15, -0.1) is 0 Å². The third-order valence-electron chi connectivity index (χ3n) is 3.85. The number of carbonyl (C=O) groups excluding carboxylic acids is 2. The van der Waals surface area contributed by atoms with Gasteiger partial charge < -0.3 is 14.4 Å². The highest BCUT2D eigenvalue weighted by Crippen LogP contribution is 2.04. The molecule has 2 fully saturated rings. The molecule has 0 spiro atoms. The van der Waals surface area contributed by atoms with Crippen molar-refractivity contribution >= 4 is 11.9 Å². The van der Waals surface area contributed by atoms with Gasteiger partial charge in [0, 0.05) is 39.3 Å². The summed E-state index contributed by atoms with van der Waals surface area (Å²) in [5.41, 5.74) is 0. The molecule has 2 rings (SSSR count). The molecule has 0 unspecified atom stereocenters. The normalized spacial score (nSPS) is 21.3. The van der Waals surface area contributed by atoms with Gasteiger partial charge in [0.05, 0.1) is 32.9 Å². The quantitative estimate of drug-likeness (QED) is 0.609. The fourth-order valence-electron chi connectivity index (χ4n) is 2.60. The first-order chi connectivity index (χ1) is 10.2. The van der Waals surface area contributed by atoms with Gasteiger partial charge in [-0.3, -0.25) is 19.4 Å². The summed E-state index contributed by atoms with van der Waals surface area (Å²) in [6, 6.07) is 0. The molecule has 0 aliphatic carbocycles. The van der Waals surface area contributed by atoms with E-state index in [1.54, 1.807) is 0 Å². The molecule has 2 aliphatic heterocycles. The second kappa shape index (κ2) is 8.31. The molecule has 0 bridgehead atoms. The molecule has 7 heteroatoms. The fraction of sp³-hybridized carbons (Fsp3) is 0.857. The van der Waals surface area contributed by atoms with Crippen molar-refractivity contribution in [2.45, 2.75) is 6.92 Å². The zero-order valence-electron chi connectivity index (χ0n) is 12.8. The van der Waals surface area contributed by atoms with E-state index in [9.17, 15) is 9.59 Å². The van der Waals surface area contributed by atoms with E-state index in [0.29, 0.717) is 46.0 Å².